The van der Waals surface area contributed by atoms with Crippen molar-refractivity contribution in [3.63, 3.8) is 0 Å². The third-order valence-corrected chi connectivity index (χ3v) is 3.49. The van der Waals surface area contributed by atoms with E-state index in [2.05, 4.69) is 5.32 Å². The molecule has 4 nitrogen and oxygen atoms in total. The number of alkyl halides is 3. The summed E-state index contributed by atoms with van der Waals surface area (Å²) in [5.74, 6) is -1.78. The van der Waals surface area contributed by atoms with Gasteiger partial charge in [-0.05, 0) is 23.6 Å². The van der Waals surface area contributed by atoms with Crippen molar-refractivity contribution in [2.24, 2.45) is 17.6 Å². The Hall–Kier alpha value is -2.05. The molecule has 1 aromatic carbocycles. The van der Waals surface area contributed by atoms with Gasteiger partial charge in [-0.15, -0.1) is 0 Å². The fourth-order valence-corrected chi connectivity index (χ4v) is 2.23. The van der Waals surface area contributed by atoms with Crippen LogP contribution < -0.4 is 11.1 Å². The van der Waals surface area contributed by atoms with Crippen LogP contribution in [0.1, 0.15) is 44.4 Å². The second kappa shape index (κ2) is 7.48. The molecule has 3 N–H and O–H groups in total. The van der Waals surface area contributed by atoms with Crippen LogP contribution in [0.5, 0.6) is 0 Å². The largest absolute Gasteiger partial charge is 0.416 e. The van der Waals surface area contributed by atoms with Crippen LogP contribution >= 0.6 is 0 Å². The van der Waals surface area contributed by atoms with Crippen molar-refractivity contribution >= 4 is 11.8 Å². The van der Waals surface area contributed by atoms with Crippen molar-refractivity contribution in [1.82, 2.24) is 5.32 Å². The lowest BCUT2D eigenvalue weighted by atomic mass is 9.93. The van der Waals surface area contributed by atoms with Crippen molar-refractivity contribution < 1.29 is 22.8 Å². The molecule has 23 heavy (non-hydrogen) atoms. The number of hydrogen-bond acceptors (Lipinski definition) is 2. The molecule has 0 saturated heterocycles. The summed E-state index contributed by atoms with van der Waals surface area (Å²) < 4.78 is 38.5. The van der Waals surface area contributed by atoms with Gasteiger partial charge in [0.2, 0.25) is 11.8 Å². The minimum absolute atomic E-state index is 0.112. The van der Waals surface area contributed by atoms with Crippen LogP contribution in [-0.2, 0) is 15.8 Å². The SMILES string of the molecule is CC(C)[C@@H](NC(=O)[C@@H](C)CC(N)=O)c1cccc(C(F)(F)F)c1. The highest BCUT2D eigenvalue weighted by molar-refractivity contribution is 5.85. The van der Waals surface area contributed by atoms with Crippen molar-refractivity contribution in [3.8, 4) is 0 Å². The summed E-state index contributed by atoms with van der Waals surface area (Å²) in [5, 5.41) is 2.70. The van der Waals surface area contributed by atoms with E-state index in [1.165, 1.54) is 6.07 Å². The van der Waals surface area contributed by atoms with Gasteiger partial charge in [-0.1, -0.05) is 32.9 Å². The van der Waals surface area contributed by atoms with Gasteiger partial charge in [0.05, 0.1) is 11.6 Å². The molecule has 0 saturated carbocycles. The quantitative estimate of drug-likeness (QED) is 0.841. The van der Waals surface area contributed by atoms with Gasteiger partial charge in [0.15, 0.2) is 0 Å². The van der Waals surface area contributed by atoms with Crippen molar-refractivity contribution in [2.45, 2.75) is 39.4 Å². The van der Waals surface area contributed by atoms with E-state index in [4.69, 9.17) is 5.73 Å². The zero-order valence-electron chi connectivity index (χ0n) is 13.3. The lowest BCUT2D eigenvalue weighted by Crippen LogP contribution is -2.36. The van der Waals surface area contributed by atoms with E-state index in [-0.39, 0.29) is 12.3 Å². The number of carbonyl (C=O) groups excluding carboxylic acids is 2. The summed E-state index contributed by atoms with van der Waals surface area (Å²) in [4.78, 5) is 23.0. The highest BCUT2D eigenvalue weighted by atomic mass is 19.4. The fraction of sp³-hybridized carbons (Fsp3) is 0.500. The Labute approximate surface area is 133 Å². The second-order valence-corrected chi connectivity index (χ2v) is 5.92. The van der Waals surface area contributed by atoms with Gasteiger partial charge in [0.1, 0.15) is 0 Å². The summed E-state index contributed by atoms with van der Waals surface area (Å²) in [6.45, 7) is 5.14. The van der Waals surface area contributed by atoms with Crippen LogP contribution in [0, 0.1) is 11.8 Å². The number of primary amides is 1. The number of nitrogens with two attached hydrogens (primary N) is 1. The van der Waals surface area contributed by atoms with E-state index in [0.717, 1.165) is 12.1 Å². The summed E-state index contributed by atoms with van der Waals surface area (Å²) in [5.41, 5.74) is 4.66. The first kappa shape index (κ1) is 19.0. The molecule has 0 radical (unpaired) electrons. The monoisotopic (exact) mass is 330 g/mol. The van der Waals surface area contributed by atoms with Gasteiger partial charge in [0, 0.05) is 12.3 Å². The number of amides is 2. The smallest absolute Gasteiger partial charge is 0.370 e. The number of hydrogen-bond donors (Lipinski definition) is 2. The van der Waals surface area contributed by atoms with Gasteiger partial charge >= 0.3 is 6.18 Å². The third-order valence-electron chi connectivity index (χ3n) is 3.49. The topological polar surface area (TPSA) is 72.2 Å². The molecule has 7 heteroatoms. The van der Waals surface area contributed by atoms with Crippen LogP contribution in [-0.4, -0.2) is 11.8 Å². The molecule has 1 aromatic rings. The molecule has 0 aliphatic carbocycles. The van der Waals surface area contributed by atoms with E-state index in [9.17, 15) is 22.8 Å². The number of halogens is 3. The first-order chi connectivity index (χ1) is 10.5. The van der Waals surface area contributed by atoms with Crippen LogP contribution in [0.25, 0.3) is 0 Å². The summed E-state index contributed by atoms with van der Waals surface area (Å²) in [6, 6.07) is 4.29. The van der Waals surface area contributed by atoms with E-state index in [1.807, 2.05) is 0 Å². The Bertz CT molecular complexity index is 571. The lowest BCUT2D eigenvalue weighted by molar-refractivity contribution is -0.137. The molecule has 2 atom stereocenters. The maximum absolute atomic E-state index is 12.8. The van der Waals surface area contributed by atoms with Gasteiger partial charge in [-0.2, -0.15) is 13.2 Å². The Morgan fingerprint density at radius 2 is 1.83 bits per heavy atom. The molecule has 1 rings (SSSR count). The highest BCUT2D eigenvalue weighted by Gasteiger charge is 2.31. The van der Waals surface area contributed by atoms with Crippen LogP contribution in [0.3, 0.4) is 0 Å². The average Bonchev–Trinajstić information content (AvgIpc) is 2.42. The maximum Gasteiger partial charge on any atom is 0.416 e. The molecular formula is C16H21F3N2O2. The van der Waals surface area contributed by atoms with E-state index >= 15 is 0 Å². The average molecular weight is 330 g/mol. The molecule has 128 valence electrons. The number of benzene rings is 1. The first-order valence-corrected chi connectivity index (χ1v) is 7.28. The number of nitrogens with one attached hydrogen (secondary N) is 1. The van der Waals surface area contributed by atoms with Gasteiger partial charge in [-0.25, -0.2) is 0 Å². The van der Waals surface area contributed by atoms with Crippen molar-refractivity contribution in [2.75, 3.05) is 0 Å². The van der Waals surface area contributed by atoms with Gasteiger partial charge in [-0.3, -0.25) is 9.59 Å². The molecule has 0 aromatic heterocycles. The minimum Gasteiger partial charge on any atom is -0.370 e. The summed E-state index contributed by atoms with van der Waals surface area (Å²) >= 11 is 0. The molecule has 2 amide bonds. The summed E-state index contributed by atoms with van der Waals surface area (Å²) in [7, 11) is 0. The zero-order valence-corrected chi connectivity index (χ0v) is 13.3. The second-order valence-electron chi connectivity index (χ2n) is 5.92. The maximum atomic E-state index is 12.8. The van der Waals surface area contributed by atoms with Gasteiger partial charge < -0.3 is 11.1 Å². The van der Waals surface area contributed by atoms with Crippen molar-refractivity contribution in [3.05, 3.63) is 35.4 Å². The van der Waals surface area contributed by atoms with E-state index in [0.29, 0.717) is 5.56 Å². The first-order valence-electron chi connectivity index (χ1n) is 7.28. The van der Waals surface area contributed by atoms with E-state index < -0.39 is 35.5 Å². The third kappa shape index (κ3) is 5.58. The molecular weight excluding hydrogens is 309 g/mol. The normalized spacial score (nSPS) is 14.4. The Kier molecular flexibility index (Phi) is 6.18. The lowest BCUT2D eigenvalue weighted by Gasteiger charge is -2.25. The minimum atomic E-state index is -4.44. The molecule has 0 aliphatic heterocycles. The zero-order chi connectivity index (χ0) is 17.8. The van der Waals surface area contributed by atoms with E-state index in [1.54, 1.807) is 26.8 Å². The number of rotatable bonds is 6. The predicted molar refractivity (Wildman–Crippen MR) is 80.1 cm³/mol. The predicted octanol–water partition coefficient (Wildman–Crippen LogP) is 3.03. The number of carbonyl (C=O) groups is 2. The Morgan fingerprint density at radius 3 is 2.30 bits per heavy atom. The molecule has 0 spiro atoms. The standard InChI is InChI=1S/C16H21F3N2O2/c1-9(2)14(21-15(23)10(3)7-13(20)22)11-5-4-6-12(8-11)16(17,18)19/h4-6,8-10,14H,7H2,1-3H3,(H2,20,22)(H,21,23)/t10-,14+/m0/s1. The molecule has 0 fully saturated rings. The molecule has 0 heterocycles. The Morgan fingerprint density at radius 1 is 1.22 bits per heavy atom. The fourth-order valence-electron chi connectivity index (χ4n) is 2.23. The molecule has 0 unspecified atom stereocenters. The van der Waals surface area contributed by atoms with Crippen LogP contribution in [0.15, 0.2) is 24.3 Å². The van der Waals surface area contributed by atoms with Gasteiger partial charge in [0.25, 0.3) is 0 Å². The Balaban J connectivity index is 3.00. The summed E-state index contributed by atoms with van der Waals surface area (Å²) in [6.07, 6.45) is -4.56. The highest BCUT2D eigenvalue weighted by Crippen LogP contribution is 2.32. The van der Waals surface area contributed by atoms with Crippen LogP contribution in [0.2, 0.25) is 0 Å². The van der Waals surface area contributed by atoms with Crippen LogP contribution in [0.4, 0.5) is 13.2 Å². The molecule has 0 bridgehead atoms. The van der Waals surface area contributed by atoms with Crippen molar-refractivity contribution in [1.29, 1.82) is 0 Å². The molecule has 0 aliphatic rings.